The van der Waals surface area contributed by atoms with Crippen LogP contribution in [0.4, 0.5) is 0 Å². The van der Waals surface area contributed by atoms with Gasteiger partial charge in [-0.3, -0.25) is 4.79 Å². The highest BCUT2D eigenvalue weighted by Gasteiger charge is 1.92. The first kappa shape index (κ1) is 10.2. The molecule has 0 unspecified atom stereocenters. The van der Waals surface area contributed by atoms with E-state index in [1.807, 2.05) is 30.3 Å². The van der Waals surface area contributed by atoms with Crippen molar-refractivity contribution in [2.24, 2.45) is 0 Å². The molecule has 1 rings (SSSR count). The van der Waals surface area contributed by atoms with Gasteiger partial charge in [-0.05, 0) is 13.2 Å². The summed E-state index contributed by atoms with van der Waals surface area (Å²) >= 11 is 3.53. The fraction of sp³-hybridized carbons (Fsp3) is 0.222. The van der Waals surface area contributed by atoms with Gasteiger partial charge in [0.1, 0.15) is 0 Å². The quantitative estimate of drug-likeness (QED) is 0.503. The largest absolute Gasteiger partial charge is 0.295 e. The van der Waals surface area contributed by atoms with Gasteiger partial charge in [-0.1, -0.05) is 30.3 Å². The summed E-state index contributed by atoms with van der Waals surface area (Å²) in [6.45, 7) is 1.56. The maximum Gasteiger partial charge on any atom is 0.159 e. The number of rotatable bonds is 1. The number of benzene rings is 1. The molecule has 1 aromatic rings. The fourth-order valence-electron chi connectivity index (χ4n) is 0.673. The van der Waals surface area contributed by atoms with Crippen molar-refractivity contribution in [3.8, 4) is 0 Å². The lowest BCUT2D eigenvalue weighted by Gasteiger charge is -1.89. The van der Waals surface area contributed by atoms with Crippen molar-refractivity contribution in [3.05, 3.63) is 35.9 Å². The molecule has 0 fully saturated rings. The molecule has 2 heteroatoms. The Morgan fingerprint density at radius 2 is 1.64 bits per heavy atom. The molecule has 0 aliphatic rings. The maximum absolute atomic E-state index is 10.6. The average molecular weight is 168 g/mol. The first-order valence-electron chi connectivity index (χ1n) is 3.31. The van der Waals surface area contributed by atoms with Gasteiger partial charge < -0.3 is 0 Å². The number of hydrogen-bond acceptors (Lipinski definition) is 2. The number of ketones is 1. The third kappa shape index (κ3) is 3.83. The smallest absolute Gasteiger partial charge is 0.159 e. The van der Waals surface area contributed by atoms with Crippen LogP contribution in [0, 0.1) is 0 Å². The Morgan fingerprint density at radius 1 is 1.18 bits per heavy atom. The van der Waals surface area contributed by atoms with Crippen molar-refractivity contribution in [2.75, 3.05) is 6.26 Å². The molecule has 0 heterocycles. The molecule has 1 nitrogen and oxygen atoms in total. The van der Waals surface area contributed by atoms with E-state index in [0.717, 1.165) is 5.56 Å². The second kappa shape index (κ2) is 5.98. The minimum atomic E-state index is 0.121. The van der Waals surface area contributed by atoms with Gasteiger partial charge in [0.25, 0.3) is 0 Å². The Balaban J connectivity index is 0.000000461. The second-order valence-corrected chi connectivity index (χ2v) is 1.92. The summed E-state index contributed by atoms with van der Waals surface area (Å²) in [5.74, 6) is 0.121. The van der Waals surface area contributed by atoms with Crippen LogP contribution in [0.5, 0.6) is 0 Å². The van der Waals surface area contributed by atoms with Crippen LogP contribution in [0.1, 0.15) is 17.3 Å². The summed E-state index contributed by atoms with van der Waals surface area (Å²) in [5.41, 5.74) is 0.775. The molecular formula is C9H12OS. The maximum atomic E-state index is 10.6. The van der Waals surface area contributed by atoms with E-state index in [9.17, 15) is 4.79 Å². The van der Waals surface area contributed by atoms with Crippen molar-refractivity contribution in [2.45, 2.75) is 6.92 Å². The van der Waals surface area contributed by atoms with Gasteiger partial charge >= 0.3 is 0 Å². The standard InChI is InChI=1S/C8H8O.CH4S/c1-7(9)8-5-3-2-4-6-8;1-2/h2-6H,1H3;2H,1H3. The summed E-state index contributed by atoms with van der Waals surface area (Å²) in [4.78, 5) is 10.6. The molecule has 0 spiro atoms. The van der Waals surface area contributed by atoms with E-state index in [-0.39, 0.29) is 5.78 Å². The third-order valence-corrected chi connectivity index (χ3v) is 1.18. The van der Waals surface area contributed by atoms with E-state index in [2.05, 4.69) is 12.6 Å². The van der Waals surface area contributed by atoms with Crippen molar-refractivity contribution < 1.29 is 4.79 Å². The summed E-state index contributed by atoms with van der Waals surface area (Å²) < 4.78 is 0. The van der Waals surface area contributed by atoms with Gasteiger partial charge in [-0.15, -0.1) is 0 Å². The topological polar surface area (TPSA) is 17.1 Å². The number of thiol groups is 1. The second-order valence-electron chi connectivity index (χ2n) is 1.92. The minimum Gasteiger partial charge on any atom is -0.295 e. The fourth-order valence-corrected chi connectivity index (χ4v) is 0.673. The molecule has 0 aromatic heterocycles. The van der Waals surface area contributed by atoms with Gasteiger partial charge in [0.2, 0.25) is 0 Å². The molecule has 0 amide bonds. The zero-order valence-electron chi connectivity index (χ0n) is 6.74. The van der Waals surface area contributed by atoms with Crippen molar-refractivity contribution in [1.29, 1.82) is 0 Å². The monoisotopic (exact) mass is 168 g/mol. The van der Waals surface area contributed by atoms with Gasteiger partial charge in [0, 0.05) is 5.56 Å². The molecule has 0 saturated heterocycles. The Hall–Kier alpha value is -0.760. The lowest BCUT2D eigenvalue weighted by molar-refractivity contribution is 0.101. The number of hydrogen-bond donors (Lipinski definition) is 1. The molecule has 60 valence electrons. The van der Waals surface area contributed by atoms with E-state index >= 15 is 0 Å². The molecule has 0 atom stereocenters. The van der Waals surface area contributed by atoms with E-state index in [4.69, 9.17) is 0 Å². The first-order chi connectivity index (χ1) is 5.30. The van der Waals surface area contributed by atoms with Crippen molar-refractivity contribution in [3.63, 3.8) is 0 Å². The molecule has 0 N–H and O–H groups in total. The lowest BCUT2D eigenvalue weighted by atomic mass is 10.2. The van der Waals surface area contributed by atoms with E-state index in [1.54, 1.807) is 13.2 Å². The number of carbonyl (C=O) groups excluding carboxylic acids is 1. The van der Waals surface area contributed by atoms with E-state index < -0.39 is 0 Å². The minimum absolute atomic E-state index is 0.121. The van der Waals surface area contributed by atoms with Crippen LogP contribution in [0.15, 0.2) is 30.3 Å². The summed E-state index contributed by atoms with van der Waals surface area (Å²) in [5, 5.41) is 0. The predicted molar refractivity (Wildman–Crippen MR) is 51.4 cm³/mol. The first-order valence-corrected chi connectivity index (χ1v) is 4.21. The van der Waals surface area contributed by atoms with Gasteiger partial charge in [0.05, 0.1) is 0 Å². The molecule has 0 radical (unpaired) electrons. The Labute approximate surface area is 72.8 Å². The molecule has 0 aliphatic carbocycles. The zero-order chi connectivity index (χ0) is 8.69. The summed E-state index contributed by atoms with van der Waals surface area (Å²) in [6, 6.07) is 9.23. The SMILES string of the molecule is CC(=O)c1ccccc1.CS. The Bertz CT molecular complexity index is 206. The summed E-state index contributed by atoms with van der Waals surface area (Å²) in [7, 11) is 0. The summed E-state index contributed by atoms with van der Waals surface area (Å²) in [6.07, 6.45) is 1.69. The van der Waals surface area contributed by atoms with Crippen LogP contribution in [0.2, 0.25) is 0 Å². The Kier molecular flexibility index (Phi) is 5.57. The lowest BCUT2D eigenvalue weighted by Crippen LogP contribution is -1.88. The van der Waals surface area contributed by atoms with Crippen LogP contribution in [-0.2, 0) is 0 Å². The van der Waals surface area contributed by atoms with Crippen molar-refractivity contribution >= 4 is 18.4 Å². The van der Waals surface area contributed by atoms with Crippen LogP contribution < -0.4 is 0 Å². The van der Waals surface area contributed by atoms with Crippen LogP contribution in [0.3, 0.4) is 0 Å². The number of Topliss-reactive ketones (excluding diaryl/α,β-unsaturated/α-hetero) is 1. The molecule has 0 saturated carbocycles. The molecule has 0 aliphatic heterocycles. The highest BCUT2D eigenvalue weighted by molar-refractivity contribution is 7.79. The van der Waals surface area contributed by atoms with Crippen LogP contribution >= 0.6 is 12.6 Å². The molecular weight excluding hydrogens is 156 g/mol. The Morgan fingerprint density at radius 3 is 1.91 bits per heavy atom. The van der Waals surface area contributed by atoms with Crippen molar-refractivity contribution in [1.82, 2.24) is 0 Å². The highest BCUT2D eigenvalue weighted by atomic mass is 32.1. The zero-order valence-corrected chi connectivity index (χ0v) is 7.64. The third-order valence-electron chi connectivity index (χ3n) is 1.18. The van der Waals surface area contributed by atoms with Crippen LogP contribution in [-0.4, -0.2) is 12.0 Å². The van der Waals surface area contributed by atoms with Gasteiger partial charge in [0.15, 0.2) is 5.78 Å². The predicted octanol–water partition coefficient (Wildman–Crippen LogP) is 2.44. The van der Waals surface area contributed by atoms with Gasteiger partial charge in [-0.25, -0.2) is 0 Å². The van der Waals surface area contributed by atoms with E-state index in [1.165, 1.54) is 0 Å². The van der Waals surface area contributed by atoms with Gasteiger partial charge in [-0.2, -0.15) is 12.6 Å². The molecule has 0 bridgehead atoms. The highest BCUT2D eigenvalue weighted by Crippen LogP contribution is 1.97. The number of carbonyl (C=O) groups is 1. The normalized spacial score (nSPS) is 7.91. The molecule has 11 heavy (non-hydrogen) atoms. The van der Waals surface area contributed by atoms with E-state index in [0.29, 0.717) is 0 Å². The van der Waals surface area contributed by atoms with Crippen LogP contribution in [0.25, 0.3) is 0 Å². The average Bonchev–Trinajstić information content (AvgIpc) is 2.10. The molecule has 1 aromatic carbocycles.